The minimum atomic E-state index is -1.85. The molecule has 2 N–H and O–H groups in total. The van der Waals surface area contributed by atoms with E-state index in [2.05, 4.69) is 10.6 Å². The first-order valence-corrected chi connectivity index (χ1v) is 24.0. The van der Waals surface area contributed by atoms with Crippen LogP contribution in [0.1, 0.15) is 73.3 Å². The maximum absolute atomic E-state index is 14.4. The third kappa shape index (κ3) is 16.2. The summed E-state index contributed by atoms with van der Waals surface area (Å²) >= 11 is 0. The van der Waals surface area contributed by atoms with E-state index >= 15 is 0 Å². The molecule has 1 aliphatic rings. The van der Waals surface area contributed by atoms with Gasteiger partial charge in [-0.25, -0.2) is 28.8 Å². The Morgan fingerprint density at radius 2 is 0.920 bits per heavy atom. The highest BCUT2D eigenvalue weighted by Crippen LogP contribution is 2.32. The van der Waals surface area contributed by atoms with Crippen molar-refractivity contribution in [1.82, 2.24) is 10.6 Å². The van der Waals surface area contributed by atoms with E-state index in [1.807, 2.05) is 0 Å². The van der Waals surface area contributed by atoms with Crippen molar-refractivity contribution in [2.75, 3.05) is 13.2 Å². The van der Waals surface area contributed by atoms with Gasteiger partial charge in [0.25, 0.3) is 0 Å². The van der Waals surface area contributed by atoms with Crippen LogP contribution in [0, 0.1) is 0 Å². The summed E-state index contributed by atoms with van der Waals surface area (Å²) in [4.78, 5) is 97.8. The summed E-state index contributed by atoms with van der Waals surface area (Å²) in [6.07, 6.45) is -9.63. The third-order valence-electron chi connectivity index (χ3n) is 11.3. The number of esters is 5. The van der Waals surface area contributed by atoms with Crippen molar-refractivity contribution in [3.63, 3.8) is 0 Å². The van der Waals surface area contributed by atoms with E-state index < -0.39 is 103 Å². The molecule has 17 nitrogen and oxygen atoms in total. The largest absolute Gasteiger partial charge is 0.459 e. The van der Waals surface area contributed by atoms with Gasteiger partial charge < -0.3 is 48.5 Å². The number of alkyl carbamates (subject to hydrolysis) is 1. The Morgan fingerprint density at radius 3 is 1.40 bits per heavy atom. The first-order chi connectivity index (χ1) is 36.2. The maximum atomic E-state index is 14.4. The van der Waals surface area contributed by atoms with Gasteiger partial charge in [0.2, 0.25) is 5.91 Å². The van der Waals surface area contributed by atoms with Gasteiger partial charge in [-0.2, -0.15) is 0 Å². The van der Waals surface area contributed by atoms with Gasteiger partial charge in [-0.05, 0) is 80.4 Å². The molecule has 75 heavy (non-hydrogen) atoms. The normalized spacial score (nSPS) is 17.9. The summed E-state index contributed by atoms with van der Waals surface area (Å²) in [6, 6.07) is 46.0. The molecule has 6 aromatic rings. The van der Waals surface area contributed by atoms with Crippen LogP contribution in [0.25, 0.3) is 0 Å². The molecule has 2 amide bonds. The lowest BCUT2D eigenvalue weighted by Gasteiger charge is -2.44. The molecule has 1 fully saturated rings. The quantitative estimate of drug-likeness (QED) is 0.0555. The van der Waals surface area contributed by atoms with Crippen LogP contribution in [0.4, 0.5) is 4.79 Å². The smallest absolute Gasteiger partial charge is 0.408 e. The monoisotopic (exact) mass is 1020 g/mol. The number of hydrogen-bond acceptors (Lipinski definition) is 15. The molecular weight excluding hydrogens is 965 g/mol. The fraction of sp³-hybridized carbons (Fsp3) is 0.259. The Kier molecular flexibility index (Phi) is 19.0. The topological polar surface area (TPSA) is 217 Å². The summed E-state index contributed by atoms with van der Waals surface area (Å²) < 4.78 is 48.3. The average Bonchev–Trinajstić information content (AvgIpc) is 3.42. The van der Waals surface area contributed by atoms with E-state index in [1.165, 1.54) is 48.5 Å². The number of ether oxygens (including phenoxy) is 8. The Balaban J connectivity index is 1.27. The molecule has 0 aromatic heterocycles. The van der Waals surface area contributed by atoms with Crippen molar-refractivity contribution in [1.29, 1.82) is 0 Å². The van der Waals surface area contributed by atoms with Crippen molar-refractivity contribution < 1.29 is 71.5 Å². The SMILES string of the molecule is CC(C)(C)OC(=O)N[C@@H](Cc1ccccc1)C(=O)N[C@@H](CO[C@@H]1O[C@H](COC(=O)c2ccccc2)[C@@H](OC(=O)c2ccccc2)[C@H](OC(=O)c2ccccc2)[C@H]1OC(=O)c1ccccc1)C(=O)OCc1ccccc1. The van der Waals surface area contributed by atoms with Crippen LogP contribution in [0.15, 0.2) is 182 Å². The number of rotatable bonds is 20. The van der Waals surface area contributed by atoms with Crippen molar-refractivity contribution in [2.24, 2.45) is 0 Å². The number of amides is 2. The second-order valence-corrected chi connectivity index (χ2v) is 18.1. The molecular formula is C58H56N2O15. The van der Waals surface area contributed by atoms with Crippen molar-refractivity contribution >= 4 is 41.8 Å². The second kappa shape index (κ2) is 26.3. The van der Waals surface area contributed by atoms with Gasteiger partial charge in [-0.3, -0.25) is 4.79 Å². The van der Waals surface area contributed by atoms with E-state index in [1.54, 1.807) is 154 Å². The summed E-state index contributed by atoms with van der Waals surface area (Å²) in [5.74, 6) is -5.45. The minimum absolute atomic E-state index is 0.0390. The lowest BCUT2D eigenvalue weighted by molar-refractivity contribution is -0.299. The highest BCUT2D eigenvalue weighted by Gasteiger charge is 2.54. The molecule has 17 heteroatoms. The lowest BCUT2D eigenvalue weighted by atomic mass is 9.97. The molecule has 1 aliphatic heterocycles. The molecule has 7 rings (SSSR count). The van der Waals surface area contributed by atoms with Crippen LogP contribution in [-0.2, 0) is 60.5 Å². The molecule has 0 bridgehead atoms. The van der Waals surface area contributed by atoms with E-state index in [0.717, 1.165) is 0 Å². The number of carbonyl (C=O) groups is 7. The van der Waals surface area contributed by atoms with Gasteiger partial charge in [-0.1, -0.05) is 133 Å². The molecule has 0 spiro atoms. The Bertz CT molecular complexity index is 2830. The van der Waals surface area contributed by atoms with Gasteiger partial charge in [0.1, 0.15) is 31.0 Å². The third-order valence-corrected chi connectivity index (χ3v) is 11.3. The number of benzene rings is 6. The Hall–Kier alpha value is -8.67. The Morgan fingerprint density at radius 1 is 0.493 bits per heavy atom. The van der Waals surface area contributed by atoms with Crippen molar-refractivity contribution in [2.45, 2.75) is 82.2 Å². The molecule has 0 saturated carbocycles. The van der Waals surface area contributed by atoms with E-state index in [-0.39, 0.29) is 35.3 Å². The summed E-state index contributed by atoms with van der Waals surface area (Å²) in [5, 5.41) is 5.26. The maximum Gasteiger partial charge on any atom is 0.408 e. The molecule has 1 saturated heterocycles. The average molecular weight is 1020 g/mol. The van der Waals surface area contributed by atoms with Crippen LogP contribution in [0.5, 0.6) is 0 Å². The first kappa shape index (κ1) is 54.1. The molecule has 0 radical (unpaired) electrons. The highest BCUT2D eigenvalue weighted by atomic mass is 16.7. The van der Waals surface area contributed by atoms with Crippen molar-refractivity contribution in [3.05, 3.63) is 215 Å². The molecule has 7 atom stereocenters. The minimum Gasteiger partial charge on any atom is -0.459 e. The van der Waals surface area contributed by atoms with Crippen molar-refractivity contribution in [3.8, 4) is 0 Å². The fourth-order valence-corrected chi connectivity index (χ4v) is 7.63. The van der Waals surface area contributed by atoms with Gasteiger partial charge in [-0.15, -0.1) is 0 Å². The van der Waals surface area contributed by atoms with Gasteiger partial charge in [0.15, 0.2) is 30.6 Å². The highest BCUT2D eigenvalue weighted by molar-refractivity contribution is 5.92. The Labute approximate surface area is 433 Å². The summed E-state index contributed by atoms with van der Waals surface area (Å²) in [7, 11) is 0. The van der Waals surface area contributed by atoms with Gasteiger partial charge >= 0.3 is 35.9 Å². The zero-order chi connectivity index (χ0) is 53.2. The zero-order valence-electron chi connectivity index (χ0n) is 41.3. The zero-order valence-corrected chi connectivity index (χ0v) is 41.3. The van der Waals surface area contributed by atoms with E-state index in [4.69, 9.17) is 37.9 Å². The summed E-state index contributed by atoms with van der Waals surface area (Å²) in [5.41, 5.74) is 0.702. The molecule has 0 aliphatic carbocycles. The van der Waals surface area contributed by atoms with E-state index in [0.29, 0.717) is 11.1 Å². The van der Waals surface area contributed by atoms with Crippen LogP contribution in [0.3, 0.4) is 0 Å². The van der Waals surface area contributed by atoms with Gasteiger partial charge in [0, 0.05) is 6.42 Å². The fourth-order valence-electron chi connectivity index (χ4n) is 7.63. The second-order valence-electron chi connectivity index (χ2n) is 18.1. The van der Waals surface area contributed by atoms with Crippen LogP contribution in [-0.4, -0.2) is 103 Å². The predicted octanol–water partition coefficient (Wildman–Crippen LogP) is 7.63. The number of nitrogens with one attached hydrogen (secondary N) is 2. The molecule has 0 unspecified atom stereocenters. The standard InChI is InChI=1S/C58H56N2O15/c1-58(2,3)75-57(67)60-44(34-38-22-10-4-11-23-38)50(61)59-45(55(66)68-35-39-24-12-5-13-25-39)36-70-56-49(74-54(65)43-32-20-9-21-33-43)48(73-53(64)42-30-18-8-19-31-42)47(72-52(63)41-28-16-7-17-29-41)46(71-56)37-69-51(62)40-26-14-6-15-27-40/h4-33,44-49,56H,34-37H2,1-3H3,(H,59,61)(H,60,67)/t44-,45-,46+,47+,48-,49+,56+/m0/s1. The number of carbonyl (C=O) groups excluding carboxylic acids is 7. The van der Waals surface area contributed by atoms with E-state index in [9.17, 15) is 33.6 Å². The van der Waals surface area contributed by atoms with Crippen LogP contribution < -0.4 is 10.6 Å². The predicted molar refractivity (Wildman–Crippen MR) is 270 cm³/mol. The van der Waals surface area contributed by atoms with Crippen LogP contribution in [0.2, 0.25) is 0 Å². The summed E-state index contributed by atoms with van der Waals surface area (Å²) in [6.45, 7) is 3.31. The first-order valence-electron chi connectivity index (χ1n) is 24.0. The molecule has 1 heterocycles. The van der Waals surface area contributed by atoms with Gasteiger partial charge in [0.05, 0.1) is 28.9 Å². The molecule has 388 valence electrons. The van der Waals surface area contributed by atoms with Crippen LogP contribution >= 0.6 is 0 Å². The number of hydrogen-bond donors (Lipinski definition) is 2. The lowest BCUT2D eigenvalue weighted by Crippen LogP contribution is -2.63. The molecule has 6 aromatic carbocycles.